The van der Waals surface area contributed by atoms with Crippen molar-refractivity contribution in [1.82, 2.24) is 5.32 Å². The van der Waals surface area contributed by atoms with E-state index in [0.717, 1.165) is 21.9 Å². The molecule has 134 valence electrons. The van der Waals surface area contributed by atoms with Gasteiger partial charge in [-0.2, -0.15) is 0 Å². The van der Waals surface area contributed by atoms with Gasteiger partial charge in [0.2, 0.25) is 0 Å². The third kappa shape index (κ3) is 2.85. The molecule has 11 heteroatoms. The van der Waals surface area contributed by atoms with Crippen molar-refractivity contribution in [3.8, 4) is 0 Å². The zero-order valence-electron chi connectivity index (χ0n) is 13.0. The van der Waals surface area contributed by atoms with Crippen molar-refractivity contribution in [3.63, 3.8) is 0 Å². The van der Waals surface area contributed by atoms with Crippen LogP contribution < -0.4 is 20.9 Å². The topological polar surface area (TPSA) is 97.1 Å². The van der Waals surface area contributed by atoms with E-state index in [0.29, 0.717) is 0 Å². The first-order valence-corrected chi connectivity index (χ1v) is 7.66. The molecule has 3 N–H and O–H groups in total. The Bertz CT molecular complexity index is 739. The maximum absolute atomic E-state index is 14.5. The van der Waals surface area contributed by atoms with Crippen LogP contribution in [0.15, 0.2) is 12.1 Å². The molecule has 3 rings (SSSR count). The number of nitrogens with two attached hydrogens (primary N) is 1. The zero-order chi connectivity index (χ0) is 18.3. The van der Waals surface area contributed by atoms with Gasteiger partial charge in [0.05, 0.1) is 12.2 Å². The predicted octanol–water partition coefficient (Wildman–Crippen LogP) is 1.08. The molecule has 0 bridgehead atoms. The van der Waals surface area contributed by atoms with Crippen LogP contribution in [0.5, 0.6) is 0 Å². The summed E-state index contributed by atoms with van der Waals surface area (Å²) in [6.45, 7) is 0.0560. The van der Waals surface area contributed by atoms with Gasteiger partial charge >= 0.3 is 12.2 Å². The Morgan fingerprint density at radius 2 is 1.96 bits per heavy atom. The number of ether oxygens (including phenoxy) is 2. The van der Waals surface area contributed by atoms with Crippen LogP contribution in [-0.4, -0.2) is 49.6 Å². The molecule has 8 nitrogen and oxygen atoms in total. The first-order valence-electron chi connectivity index (χ1n) is 7.25. The third-order valence-corrected chi connectivity index (χ3v) is 4.29. The van der Waals surface area contributed by atoms with Crippen LogP contribution in [-0.2, 0) is 9.47 Å². The summed E-state index contributed by atoms with van der Waals surface area (Å²) in [5.41, 5.74) is 5.05. The van der Waals surface area contributed by atoms with Gasteiger partial charge in [-0.05, 0) is 0 Å². The first-order chi connectivity index (χ1) is 11.8. The molecule has 0 radical (unpaired) electrons. The number of nitrogens with one attached hydrogen (secondary N) is 1. The summed E-state index contributed by atoms with van der Waals surface area (Å²) in [4.78, 5) is 25.6. The van der Waals surface area contributed by atoms with Gasteiger partial charge in [-0.15, -0.1) is 0 Å². The lowest BCUT2D eigenvalue weighted by Crippen LogP contribution is -2.49. The second-order valence-corrected chi connectivity index (χ2v) is 5.74. The highest BCUT2D eigenvalue weighted by atomic mass is 32.1. The number of carbonyl (C=O) groups is 2. The maximum Gasteiger partial charge on any atom is 0.416 e. The van der Waals surface area contributed by atoms with E-state index < -0.39 is 41.8 Å². The number of amides is 2. The van der Waals surface area contributed by atoms with Crippen molar-refractivity contribution in [3.05, 3.63) is 23.8 Å². The first kappa shape index (κ1) is 17.3. The zero-order valence-corrected chi connectivity index (χ0v) is 13.8. The molecule has 2 heterocycles. The number of nitrogens with zero attached hydrogens (tertiary/aromatic N) is 2. The van der Waals surface area contributed by atoms with Crippen molar-refractivity contribution in [2.45, 2.75) is 12.3 Å². The molecule has 2 amide bonds. The van der Waals surface area contributed by atoms with Gasteiger partial charge in [0, 0.05) is 19.2 Å². The fraction of sp³-hybridized carbons (Fsp3) is 0.357. The normalized spacial score (nSPS) is 22.9. The number of hydrogen-bond donors (Lipinski definition) is 2. The van der Waals surface area contributed by atoms with Crippen LogP contribution in [0.25, 0.3) is 0 Å². The molecule has 0 saturated carbocycles. The van der Waals surface area contributed by atoms with E-state index in [4.69, 9.17) is 22.7 Å². The summed E-state index contributed by atoms with van der Waals surface area (Å²) >= 11 is 5.09. The molecular formula is C14H14F2N4O4S. The standard InChI is InChI=1S/C14H14F2N4O4S/c1-18-12(25)10-11(17)24-14(22)20(10)6-4-7(15)9(8(16)5-6)19-2-3-23-13(19)21/h4-5,10-11H,2-3,17H2,1H3,(H,18,25)/t10?,11-/m0/s1. The minimum atomic E-state index is -1.09. The summed E-state index contributed by atoms with van der Waals surface area (Å²) in [5.74, 6) is -2.06. The van der Waals surface area contributed by atoms with Crippen LogP contribution in [0, 0.1) is 11.6 Å². The van der Waals surface area contributed by atoms with E-state index in [-0.39, 0.29) is 23.8 Å². The minimum Gasteiger partial charge on any atom is -0.447 e. The molecule has 1 aromatic carbocycles. The van der Waals surface area contributed by atoms with Gasteiger partial charge in [0.1, 0.15) is 23.3 Å². The predicted molar refractivity (Wildman–Crippen MR) is 87.4 cm³/mol. The monoisotopic (exact) mass is 372 g/mol. The summed E-state index contributed by atoms with van der Waals surface area (Å²) in [6.07, 6.45) is -2.82. The highest BCUT2D eigenvalue weighted by Gasteiger charge is 2.44. The molecule has 2 aliphatic heterocycles. The summed E-state index contributed by atoms with van der Waals surface area (Å²) in [7, 11) is 1.53. The maximum atomic E-state index is 14.5. The smallest absolute Gasteiger partial charge is 0.416 e. The molecule has 1 aromatic rings. The molecule has 0 spiro atoms. The summed E-state index contributed by atoms with van der Waals surface area (Å²) < 4.78 is 38.5. The molecule has 25 heavy (non-hydrogen) atoms. The van der Waals surface area contributed by atoms with Crippen molar-refractivity contribution < 1.29 is 27.8 Å². The highest BCUT2D eigenvalue weighted by Crippen LogP contribution is 2.33. The van der Waals surface area contributed by atoms with E-state index in [1.807, 2.05) is 0 Å². The molecule has 2 atom stereocenters. The van der Waals surface area contributed by atoms with Crippen molar-refractivity contribution in [2.24, 2.45) is 5.73 Å². The number of likely N-dealkylation sites (N-methyl/N-ethyl adjacent to an activating group) is 1. The third-order valence-electron chi connectivity index (χ3n) is 3.85. The van der Waals surface area contributed by atoms with Crippen molar-refractivity contribution in [2.75, 3.05) is 30.0 Å². The van der Waals surface area contributed by atoms with Gasteiger partial charge in [-0.1, -0.05) is 12.2 Å². The second-order valence-electron chi connectivity index (χ2n) is 5.30. The number of carbonyl (C=O) groups excluding carboxylic acids is 2. The van der Waals surface area contributed by atoms with E-state index >= 15 is 0 Å². The van der Waals surface area contributed by atoms with E-state index in [9.17, 15) is 18.4 Å². The van der Waals surface area contributed by atoms with Crippen molar-refractivity contribution in [1.29, 1.82) is 0 Å². The molecule has 2 aliphatic rings. The van der Waals surface area contributed by atoms with Gasteiger partial charge < -0.3 is 14.8 Å². The minimum absolute atomic E-state index is 0.0229. The number of halogens is 2. The number of benzene rings is 1. The lowest BCUT2D eigenvalue weighted by atomic mass is 10.1. The molecule has 0 aromatic heterocycles. The van der Waals surface area contributed by atoms with Crippen LogP contribution in [0.4, 0.5) is 29.7 Å². The Balaban J connectivity index is 2.01. The van der Waals surface area contributed by atoms with E-state index in [2.05, 4.69) is 10.1 Å². The Hall–Kier alpha value is -2.53. The molecular weight excluding hydrogens is 358 g/mol. The van der Waals surface area contributed by atoms with Crippen LogP contribution in [0.1, 0.15) is 0 Å². The number of anilines is 2. The molecule has 1 unspecified atom stereocenters. The number of hydrogen-bond acceptors (Lipinski definition) is 6. The number of cyclic esters (lactones) is 2. The summed E-state index contributed by atoms with van der Waals surface area (Å²) in [6, 6.07) is 0.900. The Labute approximate surface area is 146 Å². The average molecular weight is 372 g/mol. The second kappa shape index (κ2) is 6.41. The fourth-order valence-corrected chi connectivity index (χ4v) is 2.96. The van der Waals surface area contributed by atoms with Crippen LogP contribution in [0.3, 0.4) is 0 Å². The Morgan fingerprint density at radius 3 is 2.48 bits per heavy atom. The fourth-order valence-electron chi connectivity index (χ4n) is 2.72. The van der Waals surface area contributed by atoms with Gasteiger partial charge in [-0.25, -0.2) is 18.4 Å². The van der Waals surface area contributed by atoms with Gasteiger partial charge in [0.25, 0.3) is 0 Å². The van der Waals surface area contributed by atoms with Crippen molar-refractivity contribution >= 4 is 40.8 Å². The van der Waals surface area contributed by atoms with Crippen LogP contribution in [0.2, 0.25) is 0 Å². The van der Waals surface area contributed by atoms with E-state index in [1.165, 1.54) is 7.05 Å². The number of rotatable bonds is 3. The Kier molecular flexibility index (Phi) is 4.43. The lowest BCUT2D eigenvalue weighted by Gasteiger charge is -2.24. The molecule has 2 saturated heterocycles. The van der Waals surface area contributed by atoms with Gasteiger partial charge in [-0.3, -0.25) is 15.5 Å². The highest BCUT2D eigenvalue weighted by molar-refractivity contribution is 7.80. The van der Waals surface area contributed by atoms with Gasteiger partial charge in [0.15, 0.2) is 17.9 Å². The van der Waals surface area contributed by atoms with Crippen LogP contribution >= 0.6 is 12.2 Å². The molecule has 0 aliphatic carbocycles. The SMILES string of the molecule is CNC(=S)C1[C@@H](N)OC(=O)N1c1cc(F)c(N2CCOC2=O)c(F)c1. The quantitative estimate of drug-likeness (QED) is 0.766. The van der Waals surface area contributed by atoms with E-state index in [1.54, 1.807) is 0 Å². The lowest BCUT2D eigenvalue weighted by molar-refractivity contribution is 0.141. The Morgan fingerprint density at radius 1 is 1.32 bits per heavy atom. The summed E-state index contributed by atoms with van der Waals surface area (Å²) in [5, 5.41) is 2.67. The molecule has 2 fully saturated rings. The largest absolute Gasteiger partial charge is 0.447 e. The number of thiocarbonyl (C=S) groups is 1. The average Bonchev–Trinajstić information content (AvgIpc) is 3.09.